The van der Waals surface area contributed by atoms with E-state index in [0.717, 1.165) is 16.6 Å². The van der Waals surface area contributed by atoms with E-state index in [-0.39, 0.29) is 5.54 Å². The molecule has 0 amide bonds. The minimum Gasteiger partial charge on any atom is -0.475 e. The van der Waals surface area contributed by atoms with Gasteiger partial charge in [0.15, 0.2) is 0 Å². The van der Waals surface area contributed by atoms with Gasteiger partial charge in [0.1, 0.15) is 6.61 Å². The SMILES string of the molecule is CCOCCOc1ncc(Br)cc1CNC(C)(C)C. The monoisotopic (exact) mass is 330 g/mol. The van der Waals surface area contributed by atoms with Crippen LogP contribution in [0.15, 0.2) is 16.7 Å². The van der Waals surface area contributed by atoms with Gasteiger partial charge < -0.3 is 14.8 Å². The summed E-state index contributed by atoms with van der Waals surface area (Å²) in [5, 5.41) is 3.44. The summed E-state index contributed by atoms with van der Waals surface area (Å²) in [4.78, 5) is 4.31. The molecule has 1 heterocycles. The van der Waals surface area contributed by atoms with Gasteiger partial charge in [0.05, 0.1) is 6.61 Å². The number of nitrogens with zero attached hydrogens (tertiary/aromatic N) is 1. The number of pyridine rings is 1. The van der Waals surface area contributed by atoms with E-state index >= 15 is 0 Å². The highest BCUT2D eigenvalue weighted by Gasteiger charge is 2.12. The summed E-state index contributed by atoms with van der Waals surface area (Å²) in [7, 11) is 0. The van der Waals surface area contributed by atoms with Gasteiger partial charge in [-0.2, -0.15) is 0 Å². The van der Waals surface area contributed by atoms with Gasteiger partial charge in [-0.15, -0.1) is 0 Å². The Morgan fingerprint density at radius 3 is 2.68 bits per heavy atom. The summed E-state index contributed by atoms with van der Waals surface area (Å²) in [6, 6.07) is 2.03. The second kappa shape index (κ2) is 7.82. The number of hydrogen-bond acceptors (Lipinski definition) is 4. The van der Waals surface area contributed by atoms with Crippen molar-refractivity contribution in [2.24, 2.45) is 0 Å². The number of nitrogens with one attached hydrogen (secondary N) is 1. The molecule has 0 bridgehead atoms. The van der Waals surface area contributed by atoms with E-state index in [0.29, 0.717) is 25.7 Å². The molecule has 0 aliphatic heterocycles. The van der Waals surface area contributed by atoms with Crippen LogP contribution in [0.4, 0.5) is 0 Å². The van der Waals surface area contributed by atoms with E-state index in [4.69, 9.17) is 9.47 Å². The molecular formula is C14H23BrN2O2. The van der Waals surface area contributed by atoms with Gasteiger partial charge in [0.25, 0.3) is 0 Å². The molecule has 0 atom stereocenters. The van der Waals surface area contributed by atoms with E-state index in [1.807, 2.05) is 13.0 Å². The van der Waals surface area contributed by atoms with Crippen LogP contribution in [0.1, 0.15) is 33.3 Å². The van der Waals surface area contributed by atoms with E-state index in [1.165, 1.54) is 0 Å². The van der Waals surface area contributed by atoms with Crippen molar-refractivity contribution in [2.45, 2.75) is 39.8 Å². The highest BCUT2D eigenvalue weighted by atomic mass is 79.9. The van der Waals surface area contributed by atoms with Crippen LogP contribution in [0.25, 0.3) is 0 Å². The molecule has 0 aliphatic carbocycles. The Morgan fingerprint density at radius 1 is 1.32 bits per heavy atom. The lowest BCUT2D eigenvalue weighted by atomic mass is 10.1. The summed E-state index contributed by atoms with van der Waals surface area (Å²) >= 11 is 3.44. The summed E-state index contributed by atoms with van der Waals surface area (Å²) in [6.45, 7) is 10.9. The zero-order valence-corrected chi connectivity index (χ0v) is 13.7. The van der Waals surface area contributed by atoms with E-state index < -0.39 is 0 Å². The number of aromatic nitrogens is 1. The molecule has 0 spiro atoms. The predicted molar refractivity (Wildman–Crippen MR) is 80.5 cm³/mol. The molecule has 0 unspecified atom stereocenters. The average Bonchev–Trinajstić information content (AvgIpc) is 2.33. The lowest BCUT2D eigenvalue weighted by molar-refractivity contribution is 0.108. The Hall–Kier alpha value is -0.650. The zero-order chi connectivity index (χ0) is 14.3. The molecule has 0 saturated heterocycles. The average molecular weight is 331 g/mol. The van der Waals surface area contributed by atoms with Crippen LogP contribution in [-0.2, 0) is 11.3 Å². The molecule has 108 valence electrons. The van der Waals surface area contributed by atoms with Crippen molar-refractivity contribution >= 4 is 15.9 Å². The van der Waals surface area contributed by atoms with Crippen LogP contribution in [0.5, 0.6) is 5.88 Å². The van der Waals surface area contributed by atoms with Crippen molar-refractivity contribution in [2.75, 3.05) is 19.8 Å². The van der Waals surface area contributed by atoms with E-state index in [2.05, 4.69) is 47.0 Å². The molecule has 0 aromatic carbocycles. The fraction of sp³-hybridized carbons (Fsp3) is 0.643. The van der Waals surface area contributed by atoms with Crippen LogP contribution in [-0.4, -0.2) is 30.3 Å². The molecule has 0 saturated carbocycles. The first-order chi connectivity index (χ1) is 8.92. The first-order valence-corrected chi connectivity index (χ1v) is 7.31. The number of halogens is 1. The Labute approximate surface area is 124 Å². The second-order valence-electron chi connectivity index (χ2n) is 5.27. The van der Waals surface area contributed by atoms with Gasteiger partial charge in [0.2, 0.25) is 5.88 Å². The quantitative estimate of drug-likeness (QED) is 0.780. The standard InChI is InChI=1S/C14H23BrN2O2/c1-5-18-6-7-19-13-11(8-12(15)10-16-13)9-17-14(2,3)4/h8,10,17H,5-7,9H2,1-4H3. The molecule has 19 heavy (non-hydrogen) atoms. The van der Waals surface area contributed by atoms with Crippen LogP contribution in [0.2, 0.25) is 0 Å². The van der Waals surface area contributed by atoms with Crippen molar-refractivity contribution in [3.05, 3.63) is 22.3 Å². The van der Waals surface area contributed by atoms with Crippen molar-refractivity contribution < 1.29 is 9.47 Å². The van der Waals surface area contributed by atoms with Gasteiger partial charge in [-0.25, -0.2) is 4.98 Å². The fourth-order valence-electron chi connectivity index (χ4n) is 1.43. The molecule has 1 N–H and O–H groups in total. The maximum atomic E-state index is 5.66. The second-order valence-corrected chi connectivity index (χ2v) is 6.18. The lowest BCUT2D eigenvalue weighted by Crippen LogP contribution is -2.35. The Bertz CT molecular complexity index is 392. The maximum absolute atomic E-state index is 5.66. The number of hydrogen-bond donors (Lipinski definition) is 1. The molecule has 0 radical (unpaired) electrons. The van der Waals surface area contributed by atoms with Crippen molar-refractivity contribution in [3.8, 4) is 5.88 Å². The smallest absolute Gasteiger partial charge is 0.217 e. The third kappa shape index (κ3) is 6.89. The minimum absolute atomic E-state index is 0.0604. The molecule has 4 nitrogen and oxygen atoms in total. The number of rotatable bonds is 7. The van der Waals surface area contributed by atoms with E-state index in [9.17, 15) is 0 Å². The first-order valence-electron chi connectivity index (χ1n) is 6.52. The highest BCUT2D eigenvalue weighted by molar-refractivity contribution is 9.10. The van der Waals surface area contributed by atoms with Gasteiger partial charge in [-0.3, -0.25) is 0 Å². The van der Waals surface area contributed by atoms with Crippen LogP contribution in [0, 0.1) is 0 Å². The van der Waals surface area contributed by atoms with Gasteiger partial charge in [-0.05, 0) is 49.7 Å². The van der Waals surface area contributed by atoms with Gasteiger partial charge >= 0.3 is 0 Å². The van der Waals surface area contributed by atoms with Crippen LogP contribution in [0.3, 0.4) is 0 Å². The van der Waals surface area contributed by atoms with Crippen molar-refractivity contribution in [3.63, 3.8) is 0 Å². The number of ether oxygens (including phenoxy) is 2. The minimum atomic E-state index is 0.0604. The molecular weight excluding hydrogens is 308 g/mol. The van der Waals surface area contributed by atoms with E-state index in [1.54, 1.807) is 6.20 Å². The van der Waals surface area contributed by atoms with Gasteiger partial charge in [-0.1, -0.05) is 0 Å². The molecule has 5 heteroatoms. The topological polar surface area (TPSA) is 43.4 Å². The largest absolute Gasteiger partial charge is 0.475 e. The Kier molecular flexibility index (Phi) is 6.75. The molecule has 1 aromatic heterocycles. The summed E-state index contributed by atoms with van der Waals surface area (Å²) in [5.41, 5.74) is 1.10. The first kappa shape index (κ1) is 16.4. The summed E-state index contributed by atoms with van der Waals surface area (Å²) < 4.78 is 11.9. The zero-order valence-electron chi connectivity index (χ0n) is 12.1. The fourth-order valence-corrected chi connectivity index (χ4v) is 1.81. The molecule has 0 aliphatic rings. The molecule has 1 aromatic rings. The third-order valence-corrected chi connectivity index (χ3v) is 2.81. The van der Waals surface area contributed by atoms with Crippen molar-refractivity contribution in [1.29, 1.82) is 0 Å². The van der Waals surface area contributed by atoms with Gasteiger partial charge in [0, 0.05) is 34.9 Å². The van der Waals surface area contributed by atoms with Crippen LogP contribution < -0.4 is 10.1 Å². The Morgan fingerprint density at radius 2 is 2.05 bits per heavy atom. The summed E-state index contributed by atoms with van der Waals surface area (Å²) in [5.74, 6) is 0.666. The lowest BCUT2D eigenvalue weighted by Gasteiger charge is -2.21. The maximum Gasteiger partial charge on any atom is 0.217 e. The third-order valence-electron chi connectivity index (χ3n) is 2.37. The summed E-state index contributed by atoms with van der Waals surface area (Å²) in [6.07, 6.45) is 1.75. The highest BCUT2D eigenvalue weighted by Crippen LogP contribution is 2.20. The van der Waals surface area contributed by atoms with Crippen LogP contribution >= 0.6 is 15.9 Å². The molecule has 0 fully saturated rings. The Balaban J connectivity index is 2.63. The normalized spacial score (nSPS) is 11.6. The van der Waals surface area contributed by atoms with Crippen molar-refractivity contribution in [1.82, 2.24) is 10.3 Å². The predicted octanol–water partition coefficient (Wildman–Crippen LogP) is 3.15. The molecule has 1 rings (SSSR count).